The van der Waals surface area contributed by atoms with Gasteiger partial charge in [-0.05, 0) is 56.2 Å². The second-order valence-corrected chi connectivity index (χ2v) is 5.33. The Bertz CT molecular complexity index is 794. The molecule has 124 valence electrons. The van der Waals surface area contributed by atoms with Crippen molar-refractivity contribution < 1.29 is 19.1 Å². The first kappa shape index (κ1) is 17.3. The van der Waals surface area contributed by atoms with Gasteiger partial charge in [-0.2, -0.15) is 0 Å². The second-order valence-electron chi connectivity index (χ2n) is 5.33. The van der Waals surface area contributed by atoms with Crippen LogP contribution in [0.5, 0.6) is 0 Å². The highest BCUT2D eigenvalue weighted by atomic mass is 16.3. The summed E-state index contributed by atoms with van der Waals surface area (Å²) >= 11 is 0. The molecule has 4 N–H and O–H groups in total. The number of carbonyl (C=O) groups is 2. The van der Waals surface area contributed by atoms with E-state index < -0.39 is 24.0 Å². The molecule has 1 heterocycles. The molecule has 1 aromatic carbocycles. The number of furan rings is 1. The molecule has 2 aromatic rings. The zero-order valence-electron chi connectivity index (χ0n) is 13.4. The fourth-order valence-corrected chi connectivity index (χ4v) is 1.99. The molecule has 0 unspecified atom stereocenters. The Kier molecular flexibility index (Phi) is 5.40. The number of hydrogen-bond donors (Lipinski definition) is 3. The van der Waals surface area contributed by atoms with E-state index in [0.29, 0.717) is 16.9 Å². The maximum absolute atomic E-state index is 12.1. The molecule has 2 rings (SSSR count). The van der Waals surface area contributed by atoms with Crippen LogP contribution in [0.15, 0.2) is 40.8 Å². The smallest absolute Gasteiger partial charge is 0.252 e. The number of aliphatic hydroxyl groups excluding tert-OH is 1. The second kappa shape index (κ2) is 7.49. The predicted octanol–water partition coefficient (Wildman–Crippen LogP) is 0.952. The third-order valence-electron chi connectivity index (χ3n) is 3.29. The lowest BCUT2D eigenvalue weighted by molar-refractivity contribution is -0.122. The minimum atomic E-state index is -1.14. The Morgan fingerprint density at radius 1 is 1.17 bits per heavy atom. The molecule has 0 spiro atoms. The van der Waals surface area contributed by atoms with Gasteiger partial charge in [0.15, 0.2) is 5.76 Å². The minimum Gasteiger partial charge on any atom is -0.453 e. The van der Waals surface area contributed by atoms with Gasteiger partial charge >= 0.3 is 0 Å². The molecular weight excluding hydrogens is 308 g/mol. The maximum atomic E-state index is 12.1. The summed E-state index contributed by atoms with van der Waals surface area (Å²) in [6, 6.07) is 8.98. The molecular formula is C18H18N2O4. The lowest BCUT2D eigenvalue weighted by Gasteiger charge is -2.17. The predicted molar refractivity (Wildman–Crippen MR) is 88.0 cm³/mol. The summed E-state index contributed by atoms with van der Waals surface area (Å²) in [5, 5.41) is 11.9. The highest BCUT2D eigenvalue weighted by molar-refractivity contribution is 5.97. The summed E-state index contributed by atoms with van der Waals surface area (Å²) < 4.78 is 5.35. The van der Waals surface area contributed by atoms with Crippen LogP contribution < -0.4 is 11.1 Å². The van der Waals surface area contributed by atoms with E-state index in [-0.39, 0.29) is 0 Å². The summed E-state index contributed by atoms with van der Waals surface area (Å²) in [5.74, 6) is 5.86. The molecule has 0 aliphatic carbocycles. The third kappa shape index (κ3) is 4.48. The van der Waals surface area contributed by atoms with Gasteiger partial charge in [-0.25, -0.2) is 0 Å². The van der Waals surface area contributed by atoms with Crippen LogP contribution in [-0.4, -0.2) is 29.1 Å². The van der Waals surface area contributed by atoms with E-state index in [2.05, 4.69) is 17.2 Å². The largest absolute Gasteiger partial charge is 0.453 e. The summed E-state index contributed by atoms with van der Waals surface area (Å²) in [6.45, 7) is 3.22. The van der Waals surface area contributed by atoms with Crippen LogP contribution in [0.25, 0.3) is 0 Å². The first-order chi connectivity index (χ1) is 11.4. The number of benzene rings is 1. The Morgan fingerprint density at radius 3 is 2.33 bits per heavy atom. The number of aryl methyl sites for hydroxylation is 1. The summed E-state index contributed by atoms with van der Waals surface area (Å²) in [6.07, 6.45) is -1.08. The van der Waals surface area contributed by atoms with Gasteiger partial charge in [0.25, 0.3) is 5.91 Å². The van der Waals surface area contributed by atoms with Gasteiger partial charge < -0.3 is 20.6 Å². The van der Waals surface area contributed by atoms with Crippen LogP contribution >= 0.6 is 0 Å². The molecule has 0 aliphatic heterocycles. The topological polar surface area (TPSA) is 106 Å². The molecule has 2 amide bonds. The van der Waals surface area contributed by atoms with E-state index in [1.165, 1.54) is 6.92 Å². The quantitative estimate of drug-likeness (QED) is 0.727. The fraction of sp³-hybridized carbons (Fsp3) is 0.222. The van der Waals surface area contributed by atoms with Crippen molar-refractivity contribution >= 4 is 11.8 Å². The lowest BCUT2D eigenvalue weighted by Crippen LogP contribution is -2.50. The SMILES string of the molecule is Cc1ccc(C#Cc2ccc(C(=O)N[C@@H](C(N)=O)[C@H](C)O)cc2)o1. The molecule has 0 saturated carbocycles. The van der Waals surface area contributed by atoms with Gasteiger partial charge in [-0.3, -0.25) is 9.59 Å². The van der Waals surface area contributed by atoms with Crippen LogP contribution in [0, 0.1) is 18.8 Å². The molecule has 0 aliphatic rings. The Labute approximate surface area is 139 Å². The molecule has 6 heteroatoms. The van der Waals surface area contributed by atoms with Crippen LogP contribution in [-0.2, 0) is 4.79 Å². The zero-order valence-corrected chi connectivity index (χ0v) is 13.4. The molecule has 0 radical (unpaired) electrons. The number of nitrogens with one attached hydrogen (secondary N) is 1. The summed E-state index contributed by atoms with van der Waals surface area (Å²) in [4.78, 5) is 23.3. The van der Waals surface area contributed by atoms with Crippen LogP contribution in [0.1, 0.15) is 34.4 Å². The molecule has 2 atom stereocenters. The van der Waals surface area contributed by atoms with E-state index in [1.807, 2.05) is 13.0 Å². The average molecular weight is 326 g/mol. The Morgan fingerprint density at radius 2 is 1.83 bits per heavy atom. The molecule has 0 bridgehead atoms. The van der Waals surface area contributed by atoms with E-state index in [0.717, 1.165) is 5.76 Å². The van der Waals surface area contributed by atoms with Crippen LogP contribution in [0.2, 0.25) is 0 Å². The molecule has 0 saturated heterocycles. The van der Waals surface area contributed by atoms with E-state index in [4.69, 9.17) is 10.2 Å². The highest BCUT2D eigenvalue weighted by Crippen LogP contribution is 2.07. The van der Waals surface area contributed by atoms with Gasteiger partial charge in [0.05, 0.1) is 6.10 Å². The molecule has 24 heavy (non-hydrogen) atoms. The van der Waals surface area contributed by atoms with Gasteiger partial charge in [0.1, 0.15) is 11.8 Å². The number of primary amides is 1. The first-order valence-corrected chi connectivity index (χ1v) is 7.33. The minimum absolute atomic E-state index is 0.335. The molecule has 1 aromatic heterocycles. The normalized spacial score (nSPS) is 12.6. The average Bonchev–Trinajstić information content (AvgIpc) is 2.95. The highest BCUT2D eigenvalue weighted by Gasteiger charge is 2.23. The number of hydrogen-bond acceptors (Lipinski definition) is 4. The number of carbonyl (C=O) groups excluding carboxylic acids is 2. The molecule has 6 nitrogen and oxygen atoms in total. The van der Waals surface area contributed by atoms with E-state index in [1.54, 1.807) is 30.3 Å². The van der Waals surface area contributed by atoms with Crippen molar-refractivity contribution in [3.8, 4) is 11.8 Å². The first-order valence-electron chi connectivity index (χ1n) is 7.33. The van der Waals surface area contributed by atoms with Gasteiger partial charge in [-0.1, -0.05) is 5.92 Å². The Hall–Kier alpha value is -3.04. The van der Waals surface area contributed by atoms with Crippen molar-refractivity contribution in [2.24, 2.45) is 5.73 Å². The van der Waals surface area contributed by atoms with Crippen LogP contribution in [0.3, 0.4) is 0 Å². The fourth-order valence-electron chi connectivity index (χ4n) is 1.99. The number of rotatable bonds is 4. The van der Waals surface area contributed by atoms with Gasteiger partial charge in [0, 0.05) is 11.1 Å². The maximum Gasteiger partial charge on any atom is 0.252 e. The third-order valence-corrected chi connectivity index (χ3v) is 3.29. The van der Waals surface area contributed by atoms with E-state index >= 15 is 0 Å². The number of nitrogens with two attached hydrogens (primary N) is 1. The summed E-state index contributed by atoms with van der Waals surface area (Å²) in [5.41, 5.74) is 6.19. The number of amides is 2. The van der Waals surface area contributed by atoms with Gasteiger partial charge in [0.2, 0.25) is 5.91 Å². The van der Waals surface area contributed by atoms with Gasteiger partial charge in [-0.15, -0.1) is 0 Å². The lowest BCUT2D eigenvalue weighted by atomic mass is 10.1. The zero-order chi connectivity index (χ0) is 17.7. The molecule has 0 fully saturated rings. The standard InChI is InChI=1S/C18H18N2O4/c1-11-3-9-15(24-11)10-6-13-4-7-14(8-5-13)18(23)20-16(12(2)21)17(19)22/h3-5,7-9,12,16,21H,1-2H3,(H2,19,22)(H,20,23)/t12-,16+/m0/s1. The van der Waals surface area contributed by atoms with Crippen molar-refractivity contribution in [1.29, 1.82) is 0 Å². The number of aliphatic hydroxyl groups is 1. The summed E-state index contributed by atoms with van der Waals surface area (Å²) in [7, 11) is 0. The van der Waals surface area contributed by atoms with Crippen LogP contribution in [0.4, 0.5) is 0 Å². The van der Waals surface area contributed by atoms with Crippen molar-refractivity contribution in [2.45, 2.75) is 26.0 Å². The van der Waals surface area contributed by atoms with E-state index in [9.17, 15) is 14.7 Å². The van der Waals surface area contributed by atoms with Crippen molar-refractivity contribution in [3.05, 3.63) is 59.0 Å². The van der Waals surface area contributed by atoms with Crippen molar-refractivity contribution in [1.82, 2.24) is 5.32 Å². The van der Waals surface area contributed by atoms with Crippen molar-refractivity contribution in [3.63, 3.8) is 0 Å². The van der Waals surface area contributed by atoms with Crippen molar-refractivity contribution in [2.75, 3.05) is 0 Å². The monoisotopic (exact) mass is 326 g/mol. The Balaban J connectivity index is 2.07.